The van der Waals surface area contributed by atoms with E-state index in [-0.39, 0.29) is 4.91 Å². The molecule has 20 heavy (non-hydrogen) atoms. The van der Waals surface area contributed by atoms with Gasteiger partial charge in [0.15, 0.2) is 0 Å². The van der Waals surface area contributed by atoms with Gasteiger partial charge in [0.05, 0.1) is 0 Å². The molecule has 8 heteroatoms. The lowest BCUT2D eigenvalue weighted by molar-refractivity contribution is -0.131. The number of benzene rings is 1. The maximum atomic E-state index is 11.3. The van der Waals surface area contributed by atoms with E-state index in [0.29, 0.717) is 26.6 Å². The number of aromatic nitrogens is 3. The number of rotatable bonds is 4. The topological polar surface area (TPSA) is 78.9 Å². The molecule has 0 unspecified atom stereocenters. The zero-order chi connectivity index (χ0) is 14.7. The molecule has 0 aliphatic heterocycles. The molecule has 0 saturated carbocycles. The van der Waals surface area contributed by atoms with Crippen molar-refractivity contribution in [3.05, 3.63) is 44.5 Å². The quantitative estimate of drug-likeness (QED) is 0.661. The second-order valence-electron chi connectivity index (χ2n) is 3.79. The second kappa shape index (κ2) is 6.30. The first-order valence-corrected chi connectivity index (χ1v) is 7.00. The molecule has 1 heterocycles. The van der Waals surface area contributed by atoms with Crippen LogP contribution in [0, 0.1) is 6.92 Å². The Kier molecular flexibility index (Phi) is 4.69. The summed E-state index contributed by atoms with van der Waals surface area (Å²) in [4.78, 5) is 15.4. The van der Waals surface area contributed by atoms with E-state index in [0.717, 1.165) is 11.8 Å². The van der Waals surface area contributed by atoms with Gasteiger partial charge in [0.2, 0.25) is 5.16 Å². The molecule has 5 nitrogen and oxygen atoms in total. The molecule has 2 N–H and O–H groups in total. The fraction of sp³-hybridized carbons (Fsp3) is 0.0833. The minimum Gasteiger partial charge on any atom is -0.477 e. The van der Waals surface area contributed by atoms with Gasteiger partial charge in [-0.3, -0.25) is 5.10 Å². The van der Waals surface area contributed by atoms with Crippen LogP contribution in [-0.2, 0) is 4.79 Å². The summed E-state index contributed by atoms with van der Waals surface area (Å²) >= 11 is 12.8. The fourth-order valence-electron chi connectivity index (χ4n) is 1.36. The molecule has 0 aliphatic rings. The Bertz CT molecular complexity index is 685. The lowest BCUT2D eigenvalue weighted by atomic mass is 10.2. The average molecular weight is 330 g/mol. The zero-order valence-corrected chi connectivity index (χ0v) is 12.6. The molecular weight excluding hydrogens is 321 g/mol. The molecule has 2 aromatic rings. The van der Waals surface area contributed by atoms with Gasteiger partial charge in [-0.05, 0) is 42.5 Å². The van der Waals surface area contributed by atoms with Gasteiger partial charge < -0.3 is 5.11 Å². The molecule has 0 bridgehead atoms. The number of halogens is 2. The van der Waals surface area contributed by atoms with Crippen LogP contribution in [0.1, 0.15) is 11.4 Å². The number of carbonyl (C=O) groups is 1. The summed E-state index contributed by atoms with van der Waals surface area (Å²) in [5.74, 6) is -0.467. The molecular formula is C12H9Cl2N3O2S. The van der Waals surface area contributed by atoms with Gasteiger partial charge in [-0.2, -0.15) is 0 Å². The third kappa shape index (κ3) is 3.75. The third-order valence-electron chi connectivity index (χ3n) is 2.24. The van der Waals surface area contributed by atoms with Crippen LogP contribution in [0.5, 0.6) is 0 Å². The molecule has 0 atom stereocenters. The number of carboxylic acids is 1. The summed E-state index contributed by atoms with van der Waals surface area (Å²) in [5.41, 5.74) is 0.563. The lowest BCUT2D eigenvalue weighted by Gasteiger charge is -2.02. The van der Waals surface area contributed by atoms with Crippen LogP contribution in [0.4, 0.5) is 0 Å². The van der Waals surface area contributed by atoms with E-state index >= 15 is 0 Å². The molecule has 1 aromatic heterocycles. The molecule has 1 aromatic carbocycles. The molecule has 0 fully saturated rings. The van der Waals surface area contributed by atoms with E-state index in [1.165, 1.54) is 6.08 Å². The molecule has 0 spiro atoms. The number of hydrogen-bond donors (Lipinski definition) is 2. The monoisotopic (exact) mass is 329 g/mol. The predicted molar refractivity (Wildman–Crippen MR) is 79.1 cm³/mol. The van der Waals surface area contributed by atoms with Crippen LogP contribution in [0.2, 0.25) is 10.0 Å². The van der Waals surface area contributed by atoms with Crippen LogP contribution in [0.25, 0.3) is 6.08 Å². The number of hydrogen-bond acceptors (Lipinski definition) is 4. The Morgan fingerprint density at radius 2 is 2.20 bits per heavy atom. The number of thioether (sulfide) groups is 1. The summed E-state index contributed by atoms with van der Waals surface area (Å²) in [5, 5.41) is 17.0. The minimum absolute atomic E-state index is 0.0632. The molecule has 0 aliphatic carbocycles. The first-order valence-electron chi connectivity index (χ1n) is 5.42. The van der Waals surface area contributed by atoms with Crippen molar-refractivity contribution in [3.8, 4) is 0 Å². The highest BCUT2D eigenvalue weighted by molar-refractivity contribution is 8.04. The van der Waals surface area contributed by atoms with Gasteiger partial charge in [-0.25, -0.2) is 9.78 Å². The Balaban J connectivity index is 2.32. The molecule has 104 valence electrons. The van der Waals surface area contributed by atoms with E-state index in [4.69, 9.17) is 23.2 Å². The summed E-state index contributed by atoms with van der Waals surface area (Å²) in [7, 11) is 0. The van der Waals surface area contributed by atoms with Crippen molar-refractivity contribution in [3.63, 3.8) is 0 Å². The number of nitrogens with one attached hydrogen (secondary N) is 1. The Hall–Kier alpha value is -1.50. The molecule has 0 saturated heterocycles. The van der Waals surface area contributed by atoms with Gasteiger partial charge >= 0.3 is 5.97 Å². The smallest absolute Gasteiger partial charge is 0.342 e. The number of aromatic amines is 1. The van der Waals surface area contributed by atoms with Crippen LogP contribution in [0.3, 0.4) is 0 Å². The van der Waals surface area contributed by atoms with Crippen molar-refractivity contribution in [1.82, 2.24) is 15.2 Å². The summed E-state index contributed by atoms with van der Waals surface area (Å²) in [6, 6.07) is 4.84. The van der Waals surface area contributed by atoms with Crippen molar-refractivity contribution in [1.29, 1.82) is 0 Å². The van der Waals surface area contributed by atoms with Crippen molar-refractivity contribution in [2.75, 3.05) is 0 Å². The van der Waals surface area contributed by atoms with Gasteiger partial charge in [0.1, 0.15) is 10.7 Å². The standard InChI is InChI=1S/C12H9Cl2N3O2S/c1-6-15-12(17-16-6)20-10(11(18)19)4-7-2-3-8(13)5-9(7)14/h2-5H,1H3,(H,18,19)(H,15,16,17). The van der Waals surface area contributed by atoms with Crippen molar-refractivity contribution < 1.29 is 9.90 Å². The zero-order valence-electron chi connectivity index (χ0n) is 10.2. The molecule has 0 amide bonds. The van der Waals surface area contributed by atoms with E-state index < -0.39 is 5.97 Å². The number of H-pyrrole nitrogens is 1. The number of carboxylic acid groups (broad SMARTS) is 1. The Labute approximate surface area is 129 Å². The average Bonchev–Trinajstić information content (AvgIpc) is 2.77. The Morgan fingerprint density at radius 1 is 1.45 bits per heavy atom. The maximum Gasteiger partial charge on any atom is 0.342 e. The summed E-state index contributed by atoms with van der Waals surface area (Å²) < 4.78 is 0. The Morgan fingerprint density at radius 3 is 2.75 bits per heavy atom. The van der Waals surface area contributed by atoms with Crippen LogP contribution in [0.15, 0.2) is 28.3 Å². The first-order chi connectivity index (χ1) is 9.45. The van der Waals surface area contributed by atoms with E-state index in [1.54, 1.807) is 25.1 Å². The minimum atomic E-state index is -1.08. The highest BCUT2D eigenvalue weighted by Crippen LogP contribution is 2.29. The highest BCUT2D eigenvalue weighted by Gasteiger charge is 2.13. The SMILES string of the molecule is Cc1nc(SC(=Cc2ccc(Cl)cc2Cl)C(=O)O)n[nH]1. The van der Waals surface area contributed by atoms with E-state index in [2.05, 4.69) is 15.2 Å². The second-order valence-corrected chi connectivity index (χ2v) is 5.64. The van der Waals surface area contributed by atoms with Gasteiger partial charge in [0, 0.05) is 10.0 Å². The summed E-state index contributed by atoms with van der Waals surface area (Å²) in [6.07, 6.45) is 1.46. The predicted octanol–water partition coefficient (Wildman–Crippen LogP) is 3.64. The third-order valence-corrected chi connectivity index (χ3v) is 3.68. The highest BCUT2D eigenvalue weighted by atomic mass is 35.5. The van der Waals surface area contributed by atoms with Crippen molar-refractivity contribution in [2.24, 2.45) is 0 Å². The normalized spacial score (nSPS) is 11.7. The number of nitrogens with zero attached hydrogens (tertiary/aromatic N) is 2. The van der Waals surface area contributed by atoms with Crippen molar-refractivity contribution >= 4 is 47.0 Å². The van der Waals surface area contributed by atoms with Crippen molar-refractivity contribution in [2.45, 2.75) is 12.1 Å². The maximum absolute atomic E-state index is 11.3. The van der Waals surface area contributed by atoms with Gasteiger partial charge in [0.25, 0.3) is 0 Å². The first kappa shape index (κ1) is 14.9. The van der Waals surface area contributed by atoms with E-state index in [1.807, 2.05) is 0 Å². The van der Waals surface area contributed by atoms with E-state index in [9.17, 15) is 9.90 Å². The van der Waals surface area contributed by atoms with Gasteiger partial charge in [-0.15, -0.1) is 5.10 Å². The fourth-order valence-corrected chi connectivity index (χ4v) is 2.57. The largest absolute Gasteiger partial charge is 0.477 e. The number of aryl methyl sites for hydroxylation is 1. The summed E-state index contributed by atoms with van der Waals surface area (Å²) in [6.45, 7) is 1.73. The van der Waals surface area contributed by atoms with Crippen LogP contribution >= 0.6 is 35.0 Å². The number of aliphatic carboxylic acids is 1. The van der Waals surface area contributed by atoms with Crippen LogP contribution < -0.4 is 0 Å². The van der Waals surface area contributed by atoms with Crippen LogP contribution in [-0.4, -0.2) is 26.3 Å². The lowest BCUT2D eigenvalue weighted by Crippen LogP contribution is -1.97. The van der Waals surface area contributed by atoms with Gasteiger partial charge in [-0.1, -0.05) is 29.3 Å². The molecule has 2 rings (SSSR count). The molecule has 0 radical (unpaired) electrons.